The van der Waals surface area contributed by atoms with Gasteiger partial charge < -0.3 is 10.2 Å². The van der Waals surface area contributed by atoms with Crippen LogP contribution in [0, 0.1) is 21.4 Å². The maximum Gasteiger partial charge on any atom is 0.270 e. The highest BCUT2D eigenvalue weighted by Gasteiger charge is 2.11. The number of nitro benzene ring substituents is 1. The van der Waals surface area contributed by atoms with Gasteiger partial charge in [0, 0.05) is 23.8 Å². The van der Waals surface area contributed by atoms with Crippen LogP contribution in [0.25, 0.3) is 17.4 Å². The number of nitriles is 1. The van der Waals surface area contributed by atoms with Gasteiger partial charge in [-0.25, -0.2) is 0 Å². The molecule has 104 valence electrons. The van der Waals surface area contributed by atoms with Crippen LogP contribution in [-0.4, -0.2) is 10.8 Å². The van der Waals surface area contributed by atoms with Crippen LogP contribution in [0.5, 0.6) is 0 Å². The summed E-state index contributed by atoms with van der Waals surface area (Å²) >= 11 is 0. The Morgan fingerprint density at radius 2 is 2.14 bits per heavy atom. The number of nitrogens with two attached hydrogens (primary N) is 1. The lowest BCUT2D eigenvalue weighted by Crippen LogP contribution is -2.12. The van der Waals surface area contributed by atoms with Crippen LogP contribution < -0.4 is 5.73 Å². The minimum Gasteiger partial charge on any atom is -0.457 e. The van der Waals surface area contributed by atoms with Crippen molar-refractivity contribution in [3.63, 3.8) is 0 Å². The van der Waals surface area contributed by atoms with Gasteiger partial charge in [-0.2, -0.15) is 5.26 Å². The van der Waals surface area contributed by atoms with E-state index in [1.165, 1.54) is 30.3 Å². The Morgan fingerprint density at radius 3 is 2.76 bits per heavy atom. The minimum absolute atomic E-state index is 0.0594. The monoisotopic (exact) mass is 283 g/mol. The Labute approximate surface area is 119 Å². The van der Waals surface area contributed by atoms with Crippen molar-refractivity contribution in [3.8, 4) is 17.4 Å². The van der Waals surface area contributed by atoms with Crippen molar-refractivity contribution in [3.05, 3.63) is 57.8 Å². The van der Waals surface area contributed by atoms with E-state index in [1.807, 2.05) is 0 Å². The van der Waals surface area contributed by atoms with Crippen molar-refractivity contribution in [2.45, 2.75) is 0 Å². The number of nitrogens with zero attached hydrogens (tertiary/aromatic N) is 2. The van der Waals surface area contributed by atoms with Crippen molar-refractivity contribution in [1.29, 1.82) is 5.26 Å². The summed E-state index contributed by atoms with van der Waals surface area (Å²) in [6, 6.07) is 10.7. The van der Waals surface area contributed by atoms with Gasteiger partial charge in [0.2, 0.25) is 0 Å². The molecule has 2 N–H and O–H groups in total. The Bertz CT molecular complexity index is 784. The molecule has 0 aliphatic carbocycles. The van der Waals surface area contributed by atoms with E-state index >= 15 is 0 Å². The molecule has 0 saturated carbocycles. The number of furan rings is 1. The molecule has 2 rings (SSSR count). The van der Waals surface area contributed by atoms with Crippen molar-refractivity contribution in [2.24, 2.45) is 5.73 Å². The third-order valence-corrected chi connectivity index (χ3v) is 2.64. The van der Waals surface area contributed by atoms with E-state index in [0.29, 0.717) is 11.3 Å². The molecular weight excluding hydrogens is 274 g/mol. The van der Waals surface area contributed by atoms with Crippen molar-refractivity contribution < 1.29 is 14.1 Å². The van der Waals surface area contributed by atoms with E-state index in [1.54, 1.807) is 18.2 Å². The number of non-ortho nitro benzene ring substituents is 1. The van der Waals surface area contributed by atoms with Gasteiger partial charge in [0.25, 0.3) is 11.6 Å². The first kappa shape index (κ1) is 14.0. The highest BCUT2D eigenvalue weighted by atomic mass is 16.6. The van der Waals surface area contributed by atoms with Crippen LogP contribution in [0.2, 0.25) is 0 Å². The second-order valence-electron chi connectivity index (χ2n) is 4.04. The molecule has 0 aliphatic heterocycles. The van der Waals surface area contributed by atoms with E-state index in [-0.39, 0.29) is 17.0 Å². The van der Waals surface area contributed by atoms with Crippen LogP contribution in [0.4, 0.5) is 5.69 Å². The molecule has 0 unspecified atom stereocenters. The molecule has 1 heterocycles. The summed E-state index contributed by atoms with van der Waals surface area (Å²) in [5, 5.41) is 19.5. The number of hydrogen-bond donors (Lipinski definition) is 1. The second kappa shape index (κ2) is 5.71. The number of primary amides is 1. The van der Waals surface area contributed by atoms with E-state index in [2.05, 4.69) is 0 Å². The SMILES string of the molecule is N#CC(=Cc1ccc(-c2cccc([N+](=O)[O-])c2)o1)C(N)=O. The first-order chi connectivity index (χ1) is 10.0. The molecule has 7 nitrogen and oxygen atoms in total. The molecule has 0 atom stereocenters. The highest BCUT2D eigenvalue weighted by Crippen LogP contribution is 2.26. The lowest BCUT2D eigenvalue weighted by molar-refractivity contribution is -0.384. The maximum atomic E-state index is 10.9. The standard InChI is InChI=1S/C14H9N3O4/c15-8-10(14(16)18)7-12-4-5-13(21-12)9-2-1-3-11(6-9)17(19)20/h1-7H,(H2,16,18). The van der Waals surface area contributed by atoms with Gasteiger partial charge in [-0.1, -0.05) is 12.1 Å². The number of hydrogen-bond acceptors (Lipinski definition) is 5. The van der Waals surface area contributed by atoms with Gasteiger partial charge in [-0.3, -0.25) is 14.9 Å². The summed E-state index contributed by atoms with van der Waals surface area (Å²) in [4.78, 5) is 21.2. The molecule has 0 fully saturated rings. The molecular formula is C14H9N3O4. The smallest absolute Gasteiger partial charge is 0.270 e. The summed E-state index contributed by atoms with van der Waals surface area (Å²) in [6.45, 7) is 0. The molecule has 1 aromatic carbocycles. The first-order valence-electron chi connectivity index (χ1n) is 5.77. The van der Waals surface area contributed by atoms with Crippen molar-refractivity contribution in [2.75, 3.05) is 0 Å². The van der Waals surface area contributed by atoms with Gasteiger partial charge in [0.15, 0.2) is 0 Å². The van der Waals surface area contributed by atoms with Gasteiger partial charge in [-0.05, 0) is 12.1 Å². The molecule has 0 saturated heterocycles. The summed E-state index contributed by atoms with van der Waals surface area (Å²) in [5.74, 6) is -0.218. The van der Waals surface area contributed by atoms with Crippen LogP contribution >= 0.6 is 0 Å². The van der Waals surface area contributed by atoms with E-state index in [4.69, 9.17) is 15.4 Å². The van der Waals surface area contributed by atoms with Crippen LogP contribution in [0.3, 0.4) is 0 Å². The minimum atomic E-state index is -0.856. The number of nitro groups is 1. The zero-order valence-electron chi connectivity index (χ0n) is 10.6. The average molecular weight is 283 g/mol. The number of amides is 1. The Kier molecular flexibility index (Phi) is 3.81. The molecule has 0 bridgehead atoms. The van der Waals surface area contributed by atoms with Crippen LogP contribution in [0.15, 0.2) is 46.4 Å². The molecule has 0 spiro atoms. The topological polar surface area (TPSA) is 123 Å². The molecule has 1 aromatic heterocycles. The highest BCUT2D eigenvalue weighted by molar-refractivity contribution is 6.00. The third-order valence-electron chi connectivity index (χ3n) is 2.64. The predicted octanol–water partition coefficient (Wildman–Crippen LogP) is 2.25. The number of benzene rings is 1. The molecule has 1 amide bonds. The lowest BCUT2D eigenvalue weighted by Gasteiger charge is -1.97. The average Bonchev–Trinajstić information content (AvgIpc) is 2.93. The Morgan fingerprint density at radius 1 is 1.38 bits per heavy atom. The summed E-state index contributed by atoms with van der Waals surface area (Å²) in [7, 11) is 0. The fraction of sp³-hybridized carbons (Fsp3) is 0. The predicted molar refractivity (Wildman–Crippen MR) is 73.6 cm³/mol. The fourth-order valence-corrected chi connectivity index (χ4v) is 1.66. The zero-order valence-corrected chi connectivity index (χ0v) is 10.6. The molecule has 21 heavy (non-hydrogen) atoms. The third kappa shape index (κ3) is 3.13. The fourth-order valence-electron chi connectivity index (χ4n) is 1.66. The largest absolute Gasteiger partial charge is 0.457 e. The van der Waals surface area contributed by atoms with E-state index in [0.717, 1.165) is 0 Å². The zero-order chi connectivity index (χ0) is 15.4. The molecule has 7 heteroatoms. The van der Waals surface area contributed by atoms with Crippen LogP contribution in [0.1, 0.15) is 5.76 Å². The Hall–Kier alpha value is -3.40. The number of carbonyl (C=O) groups excluding carboxylic acids is 1. The second-order valence-corrected chi connectivity index (χ2v) is 4.04. The normalized spacial score (nSPS) is 10.9. The van der Waals surface area contributed by atoms with Crippen molar-refractivity contribution in [1.82, 2.24) is 0 Å². The number of carbonyl (C=O) groups is 1. The Balaban J connectivity index is 2.37. The van der Waals surface area contributed by atoms with Gasteiger partial charge >= 0.3 is 0 Å². The van der Waals surface area contributed by atoms with E-state index in [9.17, 15) is 14.9 Å². The van der Waals surface area contributed by atoms with Crippen LogP contribution in [-0.2, 0) is 4.79 Å². The van der Waals surface area contributed by atoms with Crippen molar-refractivity contribution >= 4 is 17.7 Å². The van der Waals surface area contributed by atoms with Gasteiger partial charge in [0.1, 0.15) is 23.2 Å². The summed E-state index contributed by atoms with van der Waals surface area (Å²) in [5.41, 5.74) is 5.23. The summed E-state index contributed by atoms with van der Waals surface area (Å²) < 4.78 is 5.43. The number of rotatable bonds is 4. The van der Waals surface area contributed by atoms with Gasteiger partial charge in [0.05, 0.1) is 4.92 Å². The molecule has 2 aromatic rings. The first-order valence-corrected chi connectivity index (χ1v) is 5.77. The van der Waals surface area contributed by atoms with E-state index < -0.39 is 10.8 Å². The molecule has 0 radical (unpaired) electrons. The maximum absolute atomic E-state index is 10.9. The quantitative estimate of drug-likeness (QED) is 0.399. The summed E-state index contributed by atoms with van der Waals surface area (Å²) in [6.07, 6.45) is 1.21. The molecule has 0 aliphatic rings. The lowest BCUT2D eigenvalue weighted by atomic mass is 10.1. The van der Waals surface area contributed by atoms with Gasteiger partial charge in [-0.15, -0.1) is 0 Å².